The highest BCUT2D eigenvalue weighted by atomic mass is 16.5. The zero-order valence-electron chi connectivity index (χ0n) is 16.9. The first-order valence-corrected chi connectivity index (χ1v) is 10.5. The number of carbonyl (C=O) groups excluding carboxylic acids is 3. The first kappa shape index (κ1) is 20.1. The summed E-state index contributed by atoms with van der Waals surface area (Å²) in [5, 5.41) is 2.98. The largest absolute Gasteiger partial charge is 0.452 e. The maximum Gasteiger partial charge on any atom is 0.338 e. The Morgan fingerprint density at radius 3 is 2.60 bits per heavy atom. The monoisotopic (exact) mass is 406 g/mol. The van der Waals surface area contributed by atoms with Gasteiger partial charge in [0.05, 0.1) is 11.6 Å². The van der Waals surface area contributed by atoms with Crippen LogP contribution in [0.4, 0.5) is 0 Å². The van der Waals surface area contributed by atoms with Gasteiger partial charge in [0.1, 0.15) is 0 Å². The molecule has 0 aromatic heterocycles. The lowest BCUT2D eigenvalue weighted by Gasteiger charge is -2.26. The van der Waals surface area contributed by atoms with Crippen molar-refractivity contribution < 1.29 is 19.1 Å². The number of benzene rings is 2. The fourth-order valence-electron chi connectivity index (χ4n) is 4.19. The first-order valence-electron chi connectivity index (χ1n) is 10.5. The summed E-state index contributed by atoms with van der Waals surface area (Å²) in [7, 11) is 0. The second kappa shape index (κ2) is 9.11. The number of nitrogens with zero attached hydrogens (tertiary/aromatic N) is 1. The molecule has 2 aromatic rings. The summed E-state index contributed by atoms with van der Waals surface area (Å²) in [4.78, 5) is 38.1. The van der Waals surface area contributed by atoms with Crippen LogP contribution in [0.2, 0.25) is 0 Å². The van der Waals surface area contributed by atoms with E-state index in [1.165, 1.54) is 5.56 Å². The molecule has 1 N–H and O–H groups in total. The van der Waals surface area contributed by atoms with Crippen LogP contribution in [0.5, 0.6) is 0 Å². The Labute approximate surface area is 176 Å². The minimum absolute atomic E-state index is 0.0336. The summed E-state index contributed by atoms with van der Waals surface area (Å²) >= 11 is 0. The van der Waals surface area contributed by atoms with E-state index in [2.05, 4.69) is 11.4 Å². The van der Waals surface area contributed by atoms with Crippen molar-refractivity contribution in [1.82, 2.24) is 10.2 Å². The summed E-state index contributed by atoms with van der Waals surface area (Å²) in [6.45, 7) is 1.03. The number of aryl methyl sites for hydroxylation is 1. The molecule has 2 aliphatic rings. The van der Waals surface area contributed by atoms with Gasteiger partial charge in [0.15, 0.2) is 6.61 Å². The second-order valence-corrected chi connectivity index (χ2v) is 7.90. The average Bonchev–Trinajstić information content (AvgIpc) is 3.17. The third kappa shape index (κ3) is 4.70. The van der Waals surface area contributed by atoms with Crippen molar-refractivity contribution in [2.75, 3.05) is 13.2 Å². The molecule has 1 fully saturated rings. The van der Waals surface area contributed by atoms with Gasteiger partial charge in [0.25, 0.3) is 5.91 Å². The van der Waals surface area contributed by atoms with Crippen molar-refractivity contribution in [2.24, 2.45) is 0 Å². The first-order chi connectivity index (χ1) is 14.6. The van der Waals surface area contributed by atoms with E-state index in [1.54, 1.807) is 12.1 Å². The molecule has 2 aromatic carbocycles. The summed E-state index contributed by atoms with van der Waals surface area (Å²) in [6, 6.07) is 15.1. The van der Waals surface area contributed by atoms with E-state index in [1.807, 2.05) is 35.2 Å². The molecule has 4 rings (SSSR count). The lowest BCUT2D eigenvalue weighted by molar-refractivity contribution is -0.128. The van der Waals surface area contributed by atoms with Crippen molar-refractivity contribution >= 4 is 17.8 Å². The Hall–Kier alpha value is -3.15. The van der Waals surface area contributed by atoms with E-state index in [-0.39, 0.29) is 24.5 Å². The van der Waals surface area contributed by atoms with Crippen molar-refractivity contribution in [2.45, 2.75) is 44.7 Å². The van der Waals surface area contributed by atoms with Crippen LogP contribution in [0, 0.1) is 0 Å². The van der Waals surface area contributed by atoms with E-state index in [0.717, 1.165) is 43.4 Å². The highest BCUT2D eigenvalue weighted by Crippen LogP contribution is 2.29. The molecule has 6 nitrogen and oxygen atoms in total. The Bertz CT molecular complexity index is 938. The molecule has 0 bridgehead atoms. The van der Waals surface area contributed by atoms with Crippen LogP contribution >= 0.6 is 0 Å². The molecule has 1 aliphatic heterocycles. The number of fused-ring (bicyclic) bond motifs is 1. The molecular formula is C24H26N2O4. The van der Waals surface area contributed by atoms with Gasteiger partial charge in [0, 0.05) is 19.5 Å². The van der Waals surface area contributed by atoms with Crippen molar-refractivity contribution in [1.29, 1.82) is 0 Å². The van der Waals surface area contributed by atoms with Crippen molar-refractivity contribution in [3.63, 3.8) is 0 Å². The van der Waals surface area contributed by atoms with Crippen LogP contribution in [0.25, 0.3) is 0 Å². The number of rotatable bonds is 6. The summed E-state index contributed by atoms with van der Waals surface area (Å²) < 4.78 is 5.19. The maximum atomic E-state index is 12.3. The van der Waals surface area contributed by atoms with Crippen molar-refractivity contribution in [3.8, 4) is 0 Å². The SMILES string of the molecule is O=C(COC(=O)c1ccc(CN2CCCC2=O)cc1)N[C@H]1CCCc2ccccc21. The van der Waals surface area contributed by atoms with E-state index in [0.29, 0.717) is 18.5 Å². The molecule has 0 radical (unpaired) electrons. The quantitative estimate of drug-likeness (QED) is 0.748. The number of ether oxygens (including phenoxy) is 1. The Morgan fingerprint density at radius 2 is 1.83 bits per heavy atom. The average molecular weight is 406 g/mol. The zero-order valence-corrected chi connectivity index (χ0v) is 16.9. The number of amides is 2. The highest BCUT2D eigenvalue weighted by molar-refractivity contribution is 5.91. The van der Waals surface area contributed by atoms with Gasteiger partial charge in [0.2, 0.25) is 5.91 Å². The third-order valence-corrected chi connectivity index (χ3v) is 5.77. The van der Waals surface area contributed by atoms with Gasteiger partial charge in [-0.05, 0) is 54.5 Å². The van der Waals surface area contributed by atoms with Gasteiger partial charge in [-0.15, -0.1) is 0 Å². The molecule has 0 saturated carbocycles. The van der Waals surface area contributed by atoms with Gasteiger partial charge in [-0.25, -0.2) is 4.79 Å². The van der Waals surface area contributed by atoms with Crippen LogP contribution in [-0.4, -0.2) is 35.8 Å². The fourth-order valence-corrected chi connectivity index (χ4v) is 4.19. The minimum Gasteiger partial charge on any atom is -0.452 e. The molecule has 1 saturated heterocycles. The Kier molecular flexibility index (Phi) is 6.12. The number of esters is 1. The molecule has 6 heteroatoms. The lowest BCUT2D eigenvalue weighted by Crippen LogP contribution is -2.34. The summed E-state index contributed by atoms with van der Waals surface area (Å²) in [6.07, 6.45) is 4.45. The molecule has 0 unspecified atom stereocenters. The third-order valence-electron chi connectivity index (χ3n) is 5.77. The zero-order chi connectivity index (χ0) is 20.9. The van der Waals surface area contributed by atoms with Gasteiger partial charge < -0.3 is 15.0 Å². The topological polar surface area (TPSA) is 75.7 Å². The van der Waals surface area contributed by atoms with E-state index >= 15 is 0 Å². The molecule has 0 spiro atoms. The Morgan fingerprint density at radius 1 is 1.03 bits per heavy atom. The van der Waals surface area contributed by atoms with E-state index < -0.39 is 5.97 Å². The predicted molar refractivity (Wildman–Crippen MR) is 112 cm³/mol. The van der Waals surface area contributed by atoms with Gasteiger partial charge in [-0.1, -0.05) is 36.4 Å². The number of nitrogens with one attached hydrogen (secondary N) is 1. The van der Waals surface area contributed by atoms with E-state index in [4.69, 9.17) is 4.74 Å². The summed E-state index contributed by atoms with van der Waals surface area (Å²) in [5.74, 6) is -0.655. The van der Waals surface area contributed by atoms with E-state index in [9.17, 15) is 14.4 Å². The van der Waals surface area contributed by atoms with Crippen LogP contribution in [0.1, 0.15) is 58.8 Å². The molecule has 1 aliphatic carbocycles. The molecule has 156 valence electrons. The van der Waals surface area contributed by atoms with Gasteiger partial charge in [-0.3, -0.25) is 9.59 Å². The van der Waals surface area contributed by atoms with Crippen LogP contribution in [0.15, 0.2) is 48.5 Å². The summed E-state index contributed by atoms with van der Waals surface area (Å²) in [5.41, 5.74) is 3.77. The smallest absolute Gasteiger partial charge is 0.338 e. The second-order valence-electron chi connectivity index (χ2n) is 7.90. The lowest BCUT2D eigenvalue weighted by atomic mass is 9.88. The predicted octanol–water partition coefficient (Wildman–Crippen LogP) is 3.16. The Balaban J connectivity index is 1.27. The van der Waals surface area contributed by atoms with Gasteiger partial charge >= 0.3 is 5.97 Å². The minimum atomic E-state index is -0.530. The molecule has 2 amide bonds. The molecular weight excluding hydrogens is 380 g/mol. The number of carbonyl (C=O) groups is 3. The van der Waals surface area contributed by atoms with Crippen LogP contribution < -0.4 is 5.32 Å². The number of hydrogen-bond acceptors (Lipinski definition) is 4. The molecule has 1 heterocycles. The normalized spacial score (nSPS) is 18.1. The van der Waals surface area contributed by atoms with Crippen LogP contribution in [-0.2, 0) is 27.3 Å². The maximum absolute atomic E-state index is 12.3. The highest BCUT2D eigenvalue weighted by Gasteiger charge is 2.22. The van der Waals surface area contributed by atoms with Crippen molar-refractivity contribution in [3.05, 3.63) is 70.8 Å². The molecule has 1 atom stereocenters. The fraction of sp³-hybridized carbons (Fsp3) is 0.375. The molecule has 30 heavy (non-hydrogen) atoms. The standard InChI is InChI=1S/C24H26N2O4/c27-22(25-21-8-3-6-18-5-1-2-7-20(18)21)16-30-24(29)19-12-10-17(11-13-19)15-26-14-4-9-23(26)28/h1-2,5,7,10-13,21H,3-4,6,8-9,14-16H2,(H,25,27)/t21-/m0/s1. The van der Waals surface area contributed by atoms with Crippen LogP contribution in [0.3, 0.4) is 0 Å². The van der Waals surface area contributed by atoms with Gasteiger partial charge in [-0.2, -0.15) is 0 Å². The number of hydrogen-bond donors (Lipinski definition) is 1. The number of likely N-dealkylation sites (tertiary alicyclic amines) is 1.